The number of fused-ring (bicyclic) bond motifs is 1. The largest absolute Gasteiger partial charge is 0.383 e. The SMILES string of the molecule is N=C(c1ccc(=O)[nH]c1)c1c(N)ncnc1NCc1cc2ccccc2nc1-c1ccccc1. The lowest BCUT2D eigenvalue weighted by molar-refractivity contribution is 1.07. The van der Waals surface area contributed by atoms with Crippen LogP contribution >= 0.6 is 0 Å². The number of nitrogens with one attached hydrogen (secondary N) is 3. The van der Waals surface area contributed by atoms with E-state index in [-0.39, 0.29) is 17.1 Å². The maximum absolute atomic E-state index is 11.4. The highest BCUT2D eigenvalue weighted by Gasteiger charge is 2.17. The topological polar surface area (TPSA) is 133 Å². The number of aromatic nitrogens is 4. The summed E-state index contributed by atoms with van der Waals surface area (Å²) in [5.74, 6) is 0.601. The Morgan fingerprint density at radius 1 is 1.00 bits per heavy atom. The van der Waals surface area contributed by atoms with Gasteiger partial charge in [0.15, 0.2) is 0 Å². The van der Waals surface area contributed by atoms with Crippen LogP contribution in [0.2, 0.25) is 0 Å². The Morgan fingerprint density at radius 3 is 2.59 bits per heavy atom. The molecule has 0 unspecified atom stereocenters. The first kappa shape index (κ1) is 21.0. The van der Waals surface area contributed by atoms with E-state index in [1.807, 2.05) is 54.6 Å². The van der Waals surface area contributed by atoms with E-state index in [2.05, 4.69) is 26.3 Å². The van der Waals surface area contributed by atoms with Gasteiger partial charge >= 0.3 is 0 Å². The molecule has 0 aliphatic carbocycles. The Labute approximate surface area is 195 Å². The molecule has 0 spiro atoms. The van der Waals surface area contributed by atoms with Gasteiger partial charge in [-0.2, -0.15) is 0 Å². The third-order valence-corrected chi connectivity index (χ3v) is 5.50. The molecule has 3 heterocycles. The van der Waals surface area contributed by atoms with Crippen LogP contribution in [0.25, 0.3) is 22.2 Å². The van der Waals surface area contributed by atoms with Crippen LogP contribution in [0.4, 0.5) is 11.6 Å². The number of benzene rings is 2. The van der Waals surface area contributed by atoms with Gasteiger partial charge in [0, 0.05) is 35.3 Å². The zero-order valence-corrected chi connectivity index (χ0v) is 18.1. The standard InChI is InChI=1S/C26H21N7O/c27-23(18-10-11-21(34)29-13-18)22-25(28)31-15-32-26(22)30-14-19-12-17-8-4-5-9-20(17)33-24(19)16-6-2-1-3-7-16/h1-13,15,27H,14H2,(H,29,34)(H3,28,30,31,32). The fourth-order valence-electron chi connectivity index (χ4n) is 3.81. The smallest absolute Gasteiger partial charge is 0.247 e. The summed E-state index contributed by atoms with van der Waals surface area (Å²) in [7, 11) is 0. The highest BCUT2D eigenvalue weighted by atomic mass is 16.1. The monoisotopic (exact) mass is 447 g/mol. The van der Waals surface area contributed by atoms with Gasteiger partial charge < -0.3 is 16.0 Å². The average molecular weight is 448 g/mol. The Hall–Kier alpha value is -4.85. The number of aromatic amines is 1. The number of anilines is 2. The summed E-state index contributed by atoms with van der Waals surface area (Å²) in [5, 5.41) is 13.0. The second-order valence-corrected chi connectivity index (χ2v) is 7.71. The summed E-state index contributed by atoms with van der Waals surface area (Å²) in [6.45, 7) is 0.407. The van der Waals surface area contributed by atoms with Crippen LogP contribution in [0.15, 0.2) is 90.1 Å². The average Bonchev–Trinajstić information content (AvgIpc) is 2.87. The van der Waals surface area contributed by atoms with E-state index in [9.17, 15) is 4.79 Å². The van der Waals surface area contributed by atoms with E-state index in [0.29, 0.717) is 23.5 Å². The molecule has 0 aliphatic rings. The van der Waals surface area contributed by atoms with E-state index in [0.717, 1.165) is 27.7 Å². The molecule has 0 atom stereocenters. The van der Waals surface area contributed by atoms with Crippen LogP contribution in [-0.2, 0) is 6.54 Å². The van der Waals surface area contributed by atoms with Crippen molar-refractivity contribution in [1.82, 2.24) is 19.9 Å². The van der Waals surface area contributed by atoms with Crippen molar-refractivity contribution in [3.63, 3.8) is 0 Å². The number of rotatable bonds is 6. The zero-order chi connectivity index (χ0) is 23.5. The number of nitrogens with two attached hydrogens (primary N) is 1. The van der Waals surface area contributed by atoms with Gasteiger partial charge in [0.05, 0.1) is 22.5 Å². The van der Waals surface area contributed by atoms with Gasteiger partial charge in [-0.3, -0.25) is 10.2 Å². The number of H-pyrrole nitrogens is 1. The minimum atomic E-state index is -0.246. The molecule has 0 fully saturated rings. The van der Waals surface area contributed by atoms with Crippen molar-refractivity contribution in [2.75, 3.05) is 11.1 Å². The third kappa shape index (κ3) is 4.12. The molecule has 34 heavy (non-hydrogen) atoms. The van der Waals surface area contributed by atoms with E-state index >= 15 is 0 Å². The molecular weight excluding hydrogens is 426 g/mol. The molecule has 0 aliphatic heterocycles. The Balaban J connectivity index is 1.53. The quantitative estimate of drug-likeness (QED) is 0.291. The molecule has 0 amide bonds. The lowest BCUT2D eigenvalue weighted by atomic mass is 10.0. The van der Waals surface area contributed by atoms with Gasteiger partial charge in [0.25, 0.3) is 0 Å². The summed E-state index contributed by atoms with van der Waals surface area (Å²) < 4.78 is 0. The highest BCUT2D eigenvalue weighted by molar-refractivity contribution is 6.16. The van der Waals surface area contributed by atoms with E-state index in [1.54, 1.807) is 6.07 Å². The first-order valence-corrected chi connectivity index (χ1v) is 10.7. The van der Waals surface area contributed by atoms with Crippen LogP contribution in [-0.4, -0.2) is 25.6 Å². The Bertz CT molecular complexity index is 1540. The number of nitrogen functional groups attached to an aromatic ring is 1. The Morgan fingerprint density at radius 2 is 1.79 bits per heavy atom. The number of hydrogen-bond acceptors (Lipinski definition) is 7. The predicted molar refractivity (Wildman–Crippen MR) is 134 cm³/mol. The van der Waals surface area contributed by atoms with Gasteiger partial charge in [0.2, 0.25) is 5.56 Å². The molecule has 2 aromatic carbocycles. The van der Waals surface area contributed by atoms with Gasteiger partial charge in [-0.05, 0) is 23.8 Å². The van der Waals surface area contributed by atoms with Gasteiger partial charge in [-0.15, -0.1) is 0 Å². The first-order chi connectivity index (χ1) is 16.6. The number of nitrogens with zero attached hydrogens (tertiary/aromatic N) is 3. The fourth-order valence-corrected chi connectivity index (χ4v) is 3.81. The summed E-state index contributed by atoms with van der Waals surface area (Å²) in [6, 6.07) is 23.0. The van der Waals surface area contributed by atoms with Crippen molar-refractivity contribution in [3.8, 4) is 11.3 Å². The van der Waals surface area contributed by atoms with E-state index < -0.39 is 0 Å². The number of pyridine rings is 2. The molecule has 0 saturated carbocycles. The molecule has 0 radical (unpaired) electrons. The fraction of sp³-hybridized carbons (Fsp3) is 0.0385. The van der Waals surface area contributed by atoms with Crippen LogP contribution in [0, 0.1) is 5.41 Å². The summed E-state index contributed by atoms with van der Waals surface area (Å²) in [5.41, 5.74) is 10.6. The number of hydrogen-bond donors (Lipinski definition) is 4. The van der Waals surface area contributed by atoms with Crippen molar-refractivity contribution in [3.05, 3.63) is 112 Å². The van der Waals surface area contributed by atoms with Gasteiger partial charge in [-0.1, -0.05) is 48.5 Å². The summed E-state index contributed by atoms with van der Waals surface area (Å²) in [4.78, 5) is 27.3. The normalized spacial score (nSPS) is 10.8. The Kier molecular flexibility index (Phi) is 5.53. The second kappa shape index (κ2) is 8.95. The van der Waals surface area contributed by atoms with Gasteiger partial charge in [0.1, 0.15) is 18.0 Å². The van der Waals surface area contributed by atoms with E-state index in [4.69, 9.17) is 16.1 Å². The second-order valence-electron chi connectivity index (χ2n) is 7.71. The van der Waals surface area contributed by atoms with Crippen LogP contribution < -0.4 is 16.6 Å². The van der Waals surface area contributed by atoms with Crippen LogP contribution in [0.3, 0.4) is 0 Å². The van der Waals surface area contributed by atoms with E-state index in [1.165, 1.54) is 18.6 Å². The minimum absolute atomic E-state index is 0.108. The lowest BCUT2D eigenvalue weighted by Gasteiger charge is -2.15. The molecule has 8 heteroatoms. The lowest BCUT2D eigenvalue weighted by Crippen LogP contribution is -2.15. The molecule has 3 aromatic heterocycles. The van der Waals surface area contributed by atoms with Crippen LogP contribution in [0.5, 0.6) is 0 Å². The van der Waals surface area contributed by atoms with Crippen molar-refractivity contribution >= 4 is 28.3 Å². The molecule has 166 valence electrons. The molecule has 0 bridgehead atoms. The maximum Gasteiger partial charge on any atom is 0.247 e. The highest BCUT2D eigenvalue weighted by Crippen LogP contribution is 2.27. The van der Waals surface area contributed by atoms with Crippen molar-refractivity contribution < 1.29 is 0 Å². The van der Waals surface area contributed by atoms with Crippen molar-refractivity contribution in [1.29, 1.82) is 5.41 Å². The molecule has 5 rings (SSSR count). The first-order valence-electron chi connectivity index (χ1n) is 10.7. The zero-order valence-electron chi connectivity index (χ0n) is 18.1. The van der Waals surface area contributed by atoms with Gasteiger partial charge in [-0.25, -0.2) is 15.0 Å². The van der Waals surface area contributed by atoms with Crippen molar-refractivity contribution in [2.45, 2.75) is 6.54 Å². The third-order valence-electron chi connectivity index (χ3n) is 5.50. The van der Waals surface area contributed by atoms with Crippen LogP contribution in [0.1, 0.15) is 16.7 Å². The maximum atomic E-state index is 11.4. The minimum Gasteiger partial charge on any atom is -0.383 e. The molecule has 5 aromatic rings. The predicted octanol–water partition coefficient (Wildman–Crippen LogP) is 3.99. The summed E-state index contributed by atoms with van der Waals surface area (Å²) >= 11 is 0. The van der Waals surface area contributed by atoms with Crippen molar-refractivity contribution in [2.24, 2.45) is 0 Å². The number of para-hydroxylation sites is 1. The molecule has 5 N–H and O–H groups in total. The molecule has 0 saturated heterocycles. The molecular formula is C26H21N7O. The summed E-state index contributed by atoms with van der Waals surface area (Å²) in [6.07, 6.45) is 2.83. The molecule has 8 nitrogen and oxygen atoms in total.